The van der Waals surface area contributed by atoms with E-state index in [1.807, 2.05) is 6.92 Å². The highest BCUT2D eigenvalue weighted by Gasteiger charge is 2.11. The topological polar surface area (TPSA) is 96.9 Å². The maximum atomic E-state index is 11.5. The number of methoxy groups -OCH3 is 2. The van der Waals surface area contributed by atoms with E-state index in [2.05, 4.69) is 10.6 Å². The zero-order valence-corrected chi connectivity index (χ0v) is 10.9. The van der Waals surface area contributed by atoms with E-state index in [0.29, 0.717) is 17.2 Å². The molecule has 0 unspecified atom stereocenters. The van der Waals surface area contributed by atoms with Gasteiger partial charge in [0.15, 0.2) is 0 Å². The molecule has 0 saturated carbocycles. The van der Waals surface area contributed by atoms with Crippen LogP contribution in [0.25, 0.3) is 0 Å². The van der Waals surface area contributed by atoms with Gasteiger partial charge in [0.05, 0.1) is 19.9 Å². The van der Waals surface area contributed by atoms with Crippen molar-refractivity contribution in [1.82, 2.24) is 5.32 Å². The highest BCUT2D eigenvalue weighted by molar-refractivity contribution is 5.93. The summed E-state index contributed by atoms with van der Waals surface area (Å²) in [6, 6.07) is 2.69. The Hall–Kier alpha value is -2.44. The lowest BCUT2D eigenvalue weighted by molar-refractivity contribution is -0.135. The number of hydrogen-bond acceptors (Lipinski definition) is 4. The van der Waals surface area contributed by atoms with Gasteiger partial charge < -0.3 is 25.2 Å². The molecule has 19 heavy (non-hydrogen) atoms. The van der Waals surface area contributed by atoms with Crippen molar-refractivity contribution in [3.05, 3.63) is 17.7 Å². The minimum Gasteiger partial charge on any atom is -0.496 e. The Kier molecular flexibility index (Phi) is 4.99. The molecule has 1 rings (SSSR count). The molecule has 104 valence electrons. The van der Waals surface area contributed by atoms with Crippen LogP contribution in [0.15, 0.2) is 12.1 Å². The minimum absolute atomic E-state index is 0.396. The molecule has 7 nitrogen and oxygen atoms in total. The van der Waals surface area contributed by atoms with E-state index in [4.69, 9.17) is 14.6 Å². The SMILES string of the molecule is COc1cc(NC(=O)NCC(=O)O)c(OC)cc1C. The zero-order valence-electron chi connectivity index (χ0n) is 10.9. The number of carboxylic acid groups (broad SMARTS) is 1. The van der Waals surface area contributed by atoms with E-state index in [-0.39, 0.29) is 0 Å². The summed E-state index contributed by atoms with van der Waals surface area (Å²) in [6.45, 7) is 1.38. The molecule has 0 aliphatic heterocycles. The summed E-state index contributed by atoms with van der Waals surface area (Å²) in [4.78, 5) is 21.8. The number of carbonyl (C=O) groups is 2. The van der Waals surface area contributed by atoms with Crippen LogP contribution in [-0.2, 0) is 4.79 Å². The predicted octanol–water partition coefficient (Wildman–Crippen LogP) is 1.22. The second kappa shape index (κ2) is 6.48. The third-order valence-electron chi connectivity index (χ3n) is 2.37. The molecular formula is C12H16N2O5. The van der Waals surface area contributed by atoms with Crippen molar-refractivity contribution in [2.75, 3.05) is 26.1 Å². The summed E-state index contributed by atoms with van der Waals surface area (Å²) in [6.07, 6.45) is 0. The Bertz CT molecular complexity index is 487. The normalized spacial score (nSPS) is 9.63. The average Bonchev–Trinajstić information content (AvgIpc) is 2.37. The number of aryl methyl sites for hydroxylation is 1. The number of anilines is 1. The average molecular weight is 268 g/mol. The maximum Gasteiger partial charge on any atom is 0.323 e. The van der Waals surface area contributed by atoms with E-state index in [1.165, 1.54) is 14.2 Å². The first-order chi connectivity index (χ1) is 8.97. The van der Waals surface area contributed by atoms with Crippen LogP contribution in [0.2, 0.25) is 0 Å². The maximum absolute atomic E-state index is 11.5. The van der Waals surface area contributed by atoms with Gasteiger partial charge in [0, 0.05) is 6.07 Å². The number of carboxylic acids is 1. The van der Waals surface area contributed by atoms with Gasteiger partial charge in [-0.3, -0.25) is 4.79 Å². The fraction of sp³-hybridized carbons (Fsp3) is 0.333. The molecule has 0 aliphatic rings. The molecule has 0 heterocycles. The van der Waals surface area contributed by atoms with Crippen LogP contribution in [0.4, 0.5) is 10.5 Å². The molecule has 0 fully saturated rings. The molecule has 0 bridgehead atoms. The standard InChI is InChI=1S/C12H16N2O5/c1-7-4-10(19-3)8(5-9(7)18-2)14-12(17)13-6-11(15)16/h4-5H,6H2,1-3H3,(H,15,16)(H2,13,14,17). The number of benzene rings is 1. The van der Waals surface area contributed by atoms with Crippen molar-refractivity contribution < 1.29 is 24.2 Å². The van der Waals surface area contributed by atoms with Gasteiger partial charge in [0.1, 0.15) is 18.0 Å². The molecule has 0 radical (unpaired) electrons. The van der Waals surface area contributed by atoms with Crippen LogP contribution >= 0.6 is 0 Å². The molecule has 0 saturated heterocycles. The van der Waals surface area contributed by atoms with Gasteiger partial charge in [-0.05, 0) is 18.6 Å². The molecule has 3 N–H and O–H groups in total. The smallest absolute Gasteiger partial charge is 0.323 e. The Morgan fingerprint density at radius 1 is 1.21 bits per heavy atom. The molecule has 1 aromatic carbocycles. The van der Waals surface area contributed by atoms with Crippen LogP contribution in [0.1, 0.15) is 5.56 Å². The van der Waals surface area contributed by atoms with Crippen molar-refractivity contribution in [2.24, 2.45) is 0 Å². The van der Waals surface area contributed by atoms with Crippen LogP contribution in [0.5, 0.6) is 11.5 Å². The first kappa shape index (κ1) is 14.6. The van der Waals surface area contributed by atoms with Crippen molar-refractivity contribution in [3.8, 4) is 11.5 Å². The van der Waals surface area contributed by atoms with Gasteiger partial charge in [-0.15, -0.1) is 0 Å². The van der Waals surface area contributed by atoms with E-state index >= 15 is 0 Å². The third kappa shape index (κ3) is 4.06. The second-order valence-corrected chi connectivity index (χ2v) is 3.72. The summed E-state index contributed by atoms with van der Waals surface area (Å²) >= 11 is 0. The van der Waals surface area contributed by atoms with Crippen LogP contribution < -0.4 is 20.1 Å². The molecule has 0 atom stereocenters. The van der Waals surface area contributed by atoms with Crippen molar-refractivity contribution in [3.63, 3.8) is 0 Å². The fourth-order valence-electron chi connectivity index (χ4n) is 1.47. The monoisotopic (exact) mass is 268 g/mol. The number of urea groups is 1. The minimum atomic E-state index is -1.12. The van der Waals surface area contributed by atoms with Crippen LogP contribution in [-0.4, -0.2) is 37.9 Å². The number of nitrogens with one attached hydrogen (secondary N) is 2. The lowest BCUT2D eigenvalue weighted by Crippen LogP contribution is -2.33. The Balaban J connectivity index is 2.86. The number of amides is 2. The highest BCUT2D eigenvalue weighted by atomic mass is 16.5. The van der Waals surface area contributed by atoms with Gasteiger partial charge in [0.2, 0.25) is 0 Å². The third-order valence-corrected chi connectivity index (χ3v) is 2.37. The Morgan fingerprint density at radius 3 is 2.37 bits per heavy atom. The van der Waals surface area contributed by atoms with E-state index in [9.17, 15) is 9.59 Å². The number of carbonyl (C=O) groups excluding carboxylic acids is 1. The number of ether oxygens (including phenoxy) is 2. The summed E-state index contributed by atoms with van der Waals surface area (Å²) in [5.74, 6) is -0.0679. The van der Waals surface area contributed by atoms with Gasteiger partial charge in [-0.2, -0.15) is 0 Å². The van der Waals surface area contributed by atoms with Crippen molar-refractivity contribution in [2.45, 2.75) is 6.92 Å². The van der Waals surface area contributed by atoms with E-state index < -0.39 is 18.5 Å². The van der Waals surface area contributed by atoms with Crippen LogP contribution in [0.3, 0.4) is 0 Å². The zero-order chi connectivity index (χ0) is 14.4. The lowest BCUT2D eigenvalue weighted by atomic mass is 10.2. The van der Waals surface area contributed by atoms with E-state index in [0.717, 1.165) is 5.56 Å². The highest BCUT2D eigenvalue weighted by Crippen LogP contribution is 2.32. The summed E-state index contributed by atoms with van der Waals surface area (Å²) in [5.41, 5.74) is 1.25. The Labute approximate surface area is 110 Å². The summed E-state index contributed by atoms with van der Waals surface area (Å²) in [7, 11) is 2.99. The molecule has 0 aromatic heterocycles. The van der Waals surface area contributed by atoms with Gasteiger partial charge in [-0.1, -0.05) is 0 Å². The van der Waals surface area contributed by atoms with Gasteiger partial charge >= 0.3 is 12.0 Å². The lowest BCUT2D eigenvalue weighted by Gasteiger charge is -2.14. The summed E-state index contributed by atoms with van der Waals surface area (Å²) < 4.78 is 10.3. The van der Waals surface area contributed by atoms with Crippen molar-refractivity contribution >= 4 is 17.7 Å². The number of aliphatic carboxylic acids is 1. The molecule has 7 heteroatoms. The quantitative estimate of drug-likeness (QED) is 0.746. The second-order valence-electron chi connectivity index (χ2n) is 3.72. The molecule has 0 aliphatic carbocycles. The first-order valence-corrected chi connectivity index (χ1v) is 5.47. The number of rotatable bonds is 5. The van der Waals surface area contributed by atoms with Crippen LogP contribution in [0, 0.1) is 6.92 Å². The van der Waals surface area contributed by atoms with E-state index in [1.54, 1.807) is 12.1 Å². The molecule has 1 aromatic rings. The largest absolute Gasteiger partial charge is 0.496 e. The summed E-state index contributed by atoms with van der Waals surface area (Å²) in [5, 5.41) is 13.1. The molecular weight excluding hydrogens is 252 g/mol. The Morgan fingerprint density at radius 2 is 1.84 bits per heavy atom. The van der Waals surface area contributed by atoms with Gasteiger partial charge in [-0.25, -0.2) is 4.79 Å². The fourth-order valence-corrected chi connectivity index (χ4v) is 1.47. The number of hydrogen-bond donors (Lipinski definition) is 3. The van der Waals surface area contributed by atoms with Crippen molar-refractivity contribution in [1.29, 1.82) is 0 Å². The predicted molar refractivity (Wildman–Crippen MR) is 68.9 cm³/mol. The first-order valence-electron chi connectivity index (χ1n) is 5.47. The molecule has 0 spiro atoms. The van der Waals surface area contributed by atoms with Gasteiger partial charge in [0.25, 0.3) is 0 Å². The molecule has 2 amide bonds.